The second-order valence-corrected chi connectivity index (χ2v) is 4.46. The third-order valence-corrected chi connectivity index (χ3v) is 2.51. The second kappa shape index (κ2) is 14.6. The Kier molecular flexibility index (Phi) is 15.2. The van der Waals surface area contributed by atoms with E-state index in [1.165, 1.54) is 31.8 Å². The van der Waals surface area contributed by atoms with Gasteiger partial charge in [0.1, 0.15) is 0 Å². The van der Waals surface area contributed by atoms with Gasteiger partial charge in [-0.3, -0.25) is 4.79 Å². The zero-order valence-electron chi connectivity index (χ0n) is 13.0. The molecule has 0 aliphatic rings. The van der Waals surface area contributed by atoms with Gasteiger partial charge in [0.25, 0.3) is 0 Å². The zero-order valence-corrected chi connectivity index (χ0v) is 13.0. The quantitative estimate of drug-likeness (QED) is 0.369. The van der Waals surface area contributed by atoms with Crippen LogP contribution >= 0.6 is 0 Å². The van der Waals surface area contributed by atoms with Crippen LogP contribution in [0.3, 0.4) is 0 Å². The molecule has 0 amide bonds. The van der Waals surface area contributed by atoms with E-state index < -0.39 is 0 Å². The van der Waals surface area contributed by atoms with E-state index in [-0.39, 0.29) is 5.97 Å². The summed E-state index contributed by atoms with van der Waals surface area (Å²) in [6.45, 7) is 15.2. The van der Waals surface area contributed by atoms with E-state index in [2.05, 4.69) is 38.5 Å². The SMILES string of the molecule is C=C=C(C)CCCC.C=C=C(C)CCCOC(C)=O. The summed E-state index contributed by atoms with van der Waals surface area (Å²) in [5.41, 5.74) is 8.04. The van der Waals surface area contributed by atoms with E-state index in [9.17, 15) is 4.79 Å². The fraction of sp³-hybridized carbons (Fsp3) is 0.588. The van der Waals surface area contributed by atoms with Crippen LogP contribution in [0.4, 0.5) is 0 Å². The Bertz CT molecular complexity index is 340. The summed E-state index contributed by atoms with van der Waals surface area (Å²) in [6, 6.07) is 0. The Morgan fingerprint density at radius 2 is 1.47 bits per heavy atom. The minimum absolute atomic E-state index is 0.217. The van der Waals surface area contributed by atoms with E-state index in [0.717, 1.165) is 18.4 Å². The van der Waals surface area contributed by atoms with Gasteiger partial charge < -0.3 is 4.74 Å². The Morgan fingerprint density at radius 3 is 1.84 bits per heavy atom. The van der Waals surface area contributed by atoms with Gasteiger partial charge >= 0.3 is 5.97 Å². The van der Waals surface area contributed by atoms with Crippen molar-refractivity contribution in [2.75, 3.05) is 6.61 Å². The molecule has 0 atom stereocenters. The molecule has 108 valence electrons. The number of esters is 1. The highest BCUT2D eigenvalue weighted by atomic mass is 16.5. The molecule has 0 aliphatic carbocycles. The van der Waals surface area contributed by atoms with Crippen LogP contribution in [0.15, 0.2) is 35.8 Å². The molecule has 0 aromatic rings. The lowest BCUT2D eigenvalue weighted by Crippen LogP contribution is -2.00. The molecule has 0 aliphatic heterocycles. The molecule has 2 heteroatoms. The van der Waals surface area contributed by atoms with Gasteiger partial charge in [-0.2, -0.15) is 0 Å². The lowest BCUT2D eigenvalue weighted by molar-refractivity contribution is -0.141. The highest BCUT2D eigenvalue weighted by molar-refractivity contribution is 5.65. The highest BCUT2D eigenvalue weighted by Gasteiger charge is 1.92. The first kappa shape index (κ1) is 19.8. The van der Waals surface area contributed by atoms with Gasteiger partial charge in [-0.1, -0.05) is 26.5 Å². The van der Waals surface area contributed by atoms with E-state index in [1.54, 1.807) is 0 Å². The van der Waals surface area contributed by atoms with Gasteiger partial charge in [0.05, 0.1) is 6.61 Å². The standard InChI is InChI=1S/C9H14O2.C8H14/c1-4-8(2)6-5-7-11-9(3)10;1-4-6-7-8(3)5-2/h1,5-7H2,2-3H3;2,4,6-7H2,1,3H3. The summed E-state index contributed by atoms with van der Waals surface area (Å²) in [5, 5.41) is 0. The number of hydrogen-bond donors (Lipinski definition) is 0. The number of rotatable bonds is 7. The third kappa shape index (κ3) is 19.0. The molecule has 0 aromatic carbocycles. The molecular formula is C17H28O2. The number of carbonyl (C=O) groups excluding carboxylic acids is 1. The number of ether oxygens (including phenoxy) is 1. The van der Waals surface area contributed by atoms with Crippen LogP contribution in [0, 0.1) is 0 Å². The number of carbonyl (C=O) groups is 1. The molecule has 0 fully saturated rings. The average molecular weight is 264 g/mol. The molecule has 0 saturated heterocycles. The number of unbranched alkanes of at least 4 members (excludes halogenated alkanes) is 1. The summed E-state index contributed by atoms with van der Waals surface area (Å²) < 4.78 is 4.74. The van der Waals surface area contributed by atoms with Crippen LogP contribution in [-0.4, -0.2) is 12.6 Å². The first-order chi connectivity index (χ1) is 8.97. The topological polar surface area (TPSA) is 26.3 Å². The first-order valence-electron chi connectivity index (χ1n) is 6.82. The first-order valence-corrected chi connectivity index (χ1v) is 6.82. The molecule has 0 saturated carbocycles. The summed E-state index contributed by atoms with van der Waals surface area (Å²) in [5.74, 6) is -0.217. The van der Waals surface area contributed by atoms with E-state index in [0.29, 0.717) is 6.61 Å². The number of allylic oxidation sites excluding steroid dienone is 2. The van der Waals surface area contributed by atoms with Crippen molar-refractivity contribution in [2.24, 2.45) is 0 Å². The predicted molar refractivity (Wildman–Crippen MR) is 82.0 cm³/mol. The molecule has 0 bridgehead atoms. The Balaban J connectivity index is 0. The molecule has 19 heavy (non-hydrogen) atoms. The molecule has 0 heterocycles. The van der Waals surface area contributed by atoms with Gasteiger partial charge in [0.15, 0.2) is 0 Å². The maximum absolute atomic E-state index is 10.3. The molecular weight excluding hydrogens is 236 g/mol. The average Bonchev–Trinajstić information content (AvgIpc) is 2.41. The third-order valence-electron chi connectivity index (χ3n) is 2.51. The number of hydrogen-bond acceptors (Lipinski definition) is 2. The molecule has 0 unspecified atom stereocenters. The van der Waals surface area contributed by atoms with E-state index in [1.807, 2.05) is 6.92 Å². The lowest BCUT2D eigenvalue weighted by Gasteiger charge is -1.99. The van der Waals surface area contributed by atoms with Crippen LogP contribution in [0.25, 0.3) is 0 Å². The Labute approximate surface area is 118 Å². The molecule has 2 nitrogen and oxygen atoms in total. The summed E-state index contributed by atoms with van der Waals surface area (Å²) in [6.07, 6.45) is 5.46. The van der Waals surface area contributed by atoms with Gasteiger partial charge in [0.2, 0.25) is 0 Å². The van der Waals surface area contributed by atoms with E-state index in [4.69, 9.17) is 4.74 Å². The minimum Gasteiger partial charge on any atom is -0.466 e. The molecule has 0 N–H and O–H groups in total. The van der Waals surface area contributed by atoms with Crippen molar-refractivity contribution in [1.29, 1.82) is 0 Å². The van der Waals surface area contributed by atoms with Gasteiger partial charge in [-0.05, 0) is 50.7 Å². The van der Waals surface area contributed by atoms with Crippen molar-refractivity contribution in [3.63, 3.8) is 0 Å². The monoisotopic (exact) mass is 264 g/mol. The van der Waals surface area contributed by atoms with Crippen LogP contribution < -0.4 is 0 Å². The zero-order chi connectivity index (χ0) is 15.1. The summed E-state index contributed by atoms with van der Waals surface area (Å²) in [7, 11) is 0. The van der Waals surface area contributed by atoms with Crippen molar-refractivity contribution >= 4 is 5.97 Å². The summed E-state index contributed by atoms with van der Waals surface area (Å²) >= 11 is 0. The van der Waals surface area contributed by atoms with Gasteiger partial charge in [-0.25, -0.2) is 0 Å². The van der Waals surface area contributed by atoms with Crippen molar-refractivity contribution in [3.8, 4) is 0 Å². The molecule has 0 radical (unpaired) electrons. The van der Waals surface area contributed by atoms with Crippen LogP contribution in [-0.2, 0) is 9.53 Å². The van der Waals surface area contributed by atoms with Crippen molar-refractivity contribution in [3.05, 3.63) is 35.8 Å². The van der Waals surface area contributed by atoms with Crippen LogP contribution in [0.5, 0.6) is 0 Å². The minimum atomic E-state index is -0.217. The van der Waals surface area contributed by atoms with Crippen LogP contribution in [0.2, 0.25) is 0 Å². The van der Waals surface area contributed by atoms with Gasteiger partial charge in [-0.15, -0.1) is 11.5 Å². The Hall–Kier alpha value is -1.49. The largest absolute Gasteiger partial charge is 0.466 e. The fourth-order valence-corrected chi connectivity index (χ4v) is 1.17. The maximum atomic E-state index is 10.3. The second-order valence-electron chi connectivity index (χ2n) is 4.46. The summed E-state index contributed by atoms with van der Waals surface area (Å²) in [4.78, 5) is 10.3. The van der Waals surface area contributed by atoms with Crippen molar-refractivity contribution < 1.29 is 9.53 Å². The predicted octanol–water partition coefficient (Wildman–Crippen LogP) is 4.97. The maximum Gasteiger partial charge on any atom is 0.302 e. The highest BCUT2D eigenvalue weighted by Crippen LogP contribution is 2.02. The van der Waals surface area contributed by atoms with Crippen molar-refractivity contribution in [1.82, 2.24) is 0 Å². The van der Waals surface area contributed by atoms with Crippen molar-refractivity contribution in [2.45, 2.75) is 59.8 Å². The molecule has 0 spiro atoms. The van der Waals surface area contributed by atoms with Gasteiger partial charge in [0, 0.05) is 6.92 Å². The van der Waals surface area contributed by atoms with E-state index >= 15 is 0 Å². The molecule has 0 rings (SSSR count). The fourth-order valence-electron chi connectivity index (χ4n) is 1.17. The Morgan fingerprint density at radius 1 is 1.00 bits per heavy atom. The lowest BCUT2D eigenvalue weighted by atomic mass is 10.1. The van der Waals surface area contributed by atoms with Crippen LogP contribution in [0.1, 0.15) is 59.8 Å². The smallest absolute Gasteiger partial charge is 0.302 e. The molecule has 0 aromatic heterocycles. The normalized spacial score (nSPS) is 8.42.